The molecule has 0 bridgehead atoms. The summed E-state index contributed by atoms with van der Waals surface area (Å²) in [6, 6.07) is 14.8. The van der Waals surface area contributed by atoms with Gasteiger partial charge in [0.15, 0.2) is 0 Å². The zero-order valence-electron chi connectivity index (χ0n) is 13.4. The number of carbonyl (C=O) groups excluding carboxylic acids is 1. The van der Waals surface area contributed by atoms with E-state index in [4.69, 9.17) is 4.74 Å². The molecule has 0 aliphatic heterocycles. The molecule has 0 heterocycles. The summed E-state index contributed by atoms with van der Waals surface area (Å²) in [5.41, 5.74) is 2.42. The third-order valence-electron chi connectivity index (χ3n) is 4.51. The zero-order chi connectivity index (χ0) is 16.2. The van der Waals surface area contributed by atoms with Gasteiger partial charge in [0.25, 0.3) is 0 Å². The lowest BCUT2D eigenvalue weighted by Gasteiger charge is -2.24. The molecular formula is C20H22O3. The van der Waals surface area contributed by atoms with Crippen LogP contribution in [0.25, 0.3) is 10.8 Å². The topological polar surface area (TPSA) is 46.5 Å². The number of hydrogen-bond acceptors (Lipinski definition) is 3. The van der Waals surface area contributed by atoms with E-state index in [2.05, 4.69) is 30.3 Å². The van der Waals surface area contributed by atoms with E-state index in [-0.39, 0.29) is 11.9 Å². The fraction of sp³-hybridized carbons (Fsp3) is 0.350. The number of aryl methyl sites for hydroxylation is 1. The first-order chi connectivity index (χ1) is 11.2. The smallest absolute Gasteiger partial charge is 0.312 e. The van der Waals surface area contributed by atoms with E-state index in [0.717, 1.165) is 18.4 Å². The molecule has 2 aromatic rings. The van der Waals surface area contributed by atoms with Gasteiger partial charge in [-0.15, -0.1) is 0 Å². The average Bonchev–Trinajstić information content (AvgIpc) is 2.58. The number of aliphatic hydroxyl groups excluding tert-OH is 1. The lowest BCUT2D eigenvalue weighted by Crippen LogP contribution is -2.25. The van der Waals surface area contributed by atoms with Crippen LogP contribution in [-0.2, 0) is 16.0 Å². The first kappa shape index (κ1) is 15.8. The Hall–Kier alpha value is -2.13. The predicted molar refractivity (Wildman–Crippen MR) is 91.1 cm³/mol. The maximum atomic E-state index is 11.7. The van der Waals surface area contributed by atoms with Crippen molar-refractivity contribution in [1.29, 1.82) is 0 Å². The maximum absolute atomic E-state index is 11.7. The minimum Gasteiger partial charge on any atom is -0.469 e. The van der Waals surface area contributed by atoms with Crippen LogP contribution in [0.3, 0.4) is 0 Å². The Morgan fingerprint density at radius 3 is 2.74 bits per heavy atom. The van der Waals surface area contributed by atoms with E-state index < -0.39 is 6.10 Å². The average molecular weight is 310 g/mol. The van der Waals surface area contributed by atoms with Crippen LogP contribution < -0.4 is 0 Å². The SMILES string of the molecule is COC(=O)[C@@H]1C=C(CCc2ccc3ccccc3c2)C[C@H](O)C1. The molecule has 0 aromatic heterocycles. The van der Waals surface area contributed by atoms with Crippen molar-refractivity contribution in [2.75, 3.05) is 7.11 Å². The Labute approximate surface area is 136 Å². The van der Waals surface area contributed by atoms with Crippen molar-refractivity contribution in [2.45, 2.75) is 31.8 Å². The normalized spacial score (nSPS) is 21.0. The molecule has 3 heteroatoms. The fourth-order valence-corrected chi connectivity index (χ4v) is 3.30. The Morgan fingerprint density at radius 2 is 1.96 bits per heavy atom. The van der Waals surface area contributed by atoms with Crippen LogP contribution in [0.1, 0.15) is 24.8 Å². The maximum Gasteiger partial charge on any atom is 0.312 e. The summed E-state index contributed by atoms with van der Waals surface area (Å²) in [7, 11) is 1.39. The van der Waals surface area contributed by atoms with Gasteiger partial charge in [-0.25, -0.2) is 0 Å². The van der Waals surface area contributed by atoms with E-state index in [1.807, 2.05) is 18.2 Å². The second kappa shape index (κ2) is 6.97. The van der Waals surface area contributed by atoms with Crippen LogP contribution in [0.4, 0.5) is 0 Å². The number of esters is 1. The summed E-state index contributed by atoms with van der Waals surface area (Å²) in [6.07, 6.45) is 4.43. The van der Waals surface area contributed by atoms with E-state index >= 15 is 0 Å². The van der Waals surface area contributed by atoms with Gasteiger partial charge in [0.1, 0.15) is 0 Å². The van der Waals surface area contributed by atoms with E-state index in [1.165, 1.54) is 23.4 Å². The monoisotopic (exact) mass is 310 g/mol. The van der Waals surface area contributed by atoms with E-state index in [9.17, 15) is 9.90 Å². The summed E-state index contributed by atoms with van der Waals surface area (Å²) in [4.78, 5) is 11.7. The van der Waals surface area contributed by atoms with Gasteiger partial charge >= 0.3 is 5.97 Å². The van der Waals surface area contributed by atoms with Crippen molar-refractivity contribution in [2.24, 2.45) is 5.92 Å². The summed E-state index contributed by atoms with van der Waals surface area (Å²) in [6.45, 7) is 0. The first-order valence-electron chi connectivity index (χ1n) is 8.09. The summed E-state index contributed by atoms with van der Waals surface area (Å²) in [5.74, 6) is -0.567. The highest BCUT2D eigenvalue weighted by Crippen LogP contribution is 2.27. The molecule has 120 valence electrons. The number of hydrogen-bond donors (Lipinski definition) is 1. The lowest BCUT2D eigenvalue weighted by molar-refractivity contribution is -0.144. The lowest BCUT2D eigenvalue weighted by atomic mass is 9.86. The van der Waals surface area contributed by atoms with Gasteiger partial charge in [0.2, 0.25) is 0 Å². The number of methoxy groups -OCH3 is 1. The second-order valence-corrected chi connectivity index (χ2v) is 6.23. The molecule has 0 saturated heterocycles. The second-order valence-electron chi connectivity index (χ2n) is 6.23. The third-order valence-corrected chi connectivity index (χ3v) is 4.51. The summed E-state index contributed by atoms with van der Waals surface area (Å²) in [5, 5.41) is 12.5. The van der Waals surface area contributed by atoms with Gasteiger partial charge in [-0.1, -0.05) is 54.1 Å². The van der Waals surface area contributed by atoms with Gasteiger partial charge in [0.05, 0.1) is 19.1 Å². The highest BCUT2D eigenvalue weighted by Gasteiger charge is 2.26. The number of rotatable bonds is 4. The van der Waals surface area contributed by atoms with Gasteiger partial charge in [-0.3, -0.25) is 4.79 Å². The number of carbonyl (C=O) groups is 1. The van der Waals surface area contributed by atoms with Gasteiger partial charge < -0.3 is 9.84 Å². The Kier molecular flexibility index (Phi) is 4.77. The highest BCUT2D eigenvalue weighted by atomic mass is 16.5. The quantitative estimate of drug-likeness (QED) is 0.693. The summed E-state index contributed by atoms with van der Waals surface area (Å²) >= 11 is 0. The van der Waals surface area contributed by atoms with Crippen LogP contribution in [0.5, 0.6) is 0 Å². The van der Waals surface area contributed by atoms with Crippen molar-refractivity contribution < 1.29 is 14.6 Å². The van der Waals surface area contributed by atoms with Crippen LogP contribution in [-0.4, -0.2) is 24.3 Å². The molecule has 0 spiro atoms. The van der Waals surface area contributed by atoms with Crippen LogP contribution in [0, 0.1) is 5.92 Å². The molecule has 0 radical (unpaired) electrons. The number of ether oxygens (including phenoxy) is 1. The van der Waals surface area contributed by atoms with Crippen LogP contribution in [0.15, 0.2) is 54.1 Å². The standard InChI is InChI=1S/C20H22O3/c1-23-20(22)18-11-15(12-19(21)13-18)7-6-14-8-9-16-4-2-3-5-17(16)10-14/h2-5,8-11,18-19,21H,6-7,12-13H2,1H3/t18-,19+/m1/s1. The van der Waals surface area contributed by atoms with Crippen molar-refractivity contribution in [3.8, 4) is 0 Å². The number of benzene rings is 2. The van der Waals surface area contributed by atoms with Crippen molar-refractivity contribution in [3.63, 3.8) is 0 Å². The summed E-state index contributed by atoms with van der Waals surface area (Å²) < 4.78 is 4.80. The predicted octanol–water partition coefficient (Wildman–Crippen LogP) is 3.64. The fourth-order valence-electron chi connectivity index (χ4n) is 3.30. The molecule has 2 aromatic carbocycles. The van der Waals surface area contributed by atoms with Crippen LogP contribution >= 0.6 is 0 Å². The Bertz CT molecular complexity index is 732. The largest absolute Gasteiger partial charge is 0.469 e. The molecule has 0 saturated carbocycles. The molecule has 0 unspecified atom stereocenters. The Morgan fingerprint density at radius 1 is 1.17 bits per heavy atom. The molecule has 1 aliphatic rings. The van der Waals surface area contributed by atoms with Crippen molar-refractivity contribution >= 4 is 16.7 Å². The van der Waals surface area contributed by atoms with E-state index in [1.54, 1.807) is 0 Å². The molecule has 3 nitrogen and oxygen atoms in total. The number of aliphatic hydroxyl groups is 1. The zero-order valence-corrected chi connectivity index (χ0v) is 13.4. The van der Waals surface area contributed by atoms with E-state index in [0.29, 0.717) is 12.8 Å². The highest BCUT2D eigenvalue weighted by molar-refractivity contribution is 5.83. The first-order valence-corrected chi connectivity index (χ1v) is 8.09. The molecule has 1 aliphatic carbocycles. The third kappa shape index (κ3) is 3.80. The van der Waals surface area contributed by atoms with Crippen LogP contribution in [0.2, 0.25) is 0 Å². The van der Waals surface area contributed by atoms with Gasteiger partial charge in [-0.05, 0) is 42.0 Å². The van der Waals surface area contributed by atoms with Crippen molar-refractivity contribution in [3.05, 3.63) is 59.7 Å². The molecular weight excluding hydrogens is 288 g/mol. The minimum absolute atomic E-state index is 0.257. The van der Waals surface area contributed by atoms with Crippen molar-refractivity contribution in [1.82, 2.24) is 0 Å². The molecule has 0 amide bonds. The molecule has 0 fully saturated rings. The molecule has 1 N–H and O–H groups in total. The minimum atomic E-state index is -0.448. The van der Waals surface area contributed by atoms with Gasteiger partial charge in [-0.2, -0.15) is 0 Å². The van der Waals surface area contributed by atoms with Gasteiger partial charge in [0, 0.05) is 0 Å². The Balaban J connectivity index is 1.70. The molecule has 23 heavy (non-hydrogen) atoms. The molecule has 3 rings (SSSR count). The molecule has 2 atom stereocenters. The number of fused-ring (bicyclic) bond motifs is 1.